The van der Waals surface area contributed by atoms with Gasteiger partial charge in [0.15, 0.2) is 0 Å². The van der Waals surface area contributed by atoms with Crippen LogP contribution in [0.25, 0.3) is 16.9 Å². The van der Waals surface area contributed by atoms with Gasteiger partial charge in [-0.05, 0) is 43.9 Å². The minimum atomic E-state index is 0.365. The van der Waals surface area contributed by atoms with Crippen molar-refractivity contribution >= 4 is 11.8 Å². The number of benzene rings is 2. The van der Waals surface area contributed by atoms with Gasteiger partial charge in [0.1, 0.15) is 12.2 Å². The number of para-hydroxylation sites is 1. The lowest BCUT2D eigenvalue weighted by Gasteiger charge is -2.10. The second kappa shape index (κ2) is 10.6. The maximum Gasteiger partial charge on any atom is 0.134 e. The van der Waals surface area contributed by atoms with Crippen LogP contribution < -0.4 is 5.32 Å². The smallest absolute Gasteiger partial charge is 0.134 e. The molecule has 7 heteroatoms. The van der Waals surface area contributed by atoms with E-state index in [4.69, 9.17) is 5.10 Å². The lowest BCUT2D eigenvalue weighted by atomic mass is 10.1. The molecule has 0 spiro atoms. The van der Waals surface area contributed by atoms with Gasteiger partial charge in [-0.2, -0.15) is 5.10 Å². The van der Waals surface area contributed by atoms with Crippen molar-refractivity contribution in [2.75, 3.05) is 12.3 Å². The van der Waals surface area contributed by atoms with Crippen molar-refractivity contribution in [3.05, 3.63) is 78.5 Å². The predicted octanol–water partition coefficient (Wildman–Crippen LogP) is 5.16. The van der Waals surface area contributed by atoms with Crippen molar-refractivity contribution < 1.29 is 0 Å². The topological polar surface area (TPSA) is 60.6 Å². The molecule has 0 radical (unpaired) electrons. The van der Waals surface area contributed by atoms with Gasteiger partial charge < -0.3 is 9.88 Å². The number of thioether (sulfide) groups is 1. The molecule has 0 atom stereocenters. The Morgan fingerprint density at radius 1 is 1.03 bits per heavy atom. The van der Waals surface area contributed by atoms with Crippen LogP contribution in [0.2, 0.25) is 0 Å². The number of aromatic nitrogens is 5. The van der Waals surface area contributed by atoms with Crippen LogP contribution in [0.4, 0.5) is 0 Å². The van der Waals surface area contributed by atoms with Crippen molar-refractivity contribution in [1.82, 2.24) is 29.9 Å². The Labute approximate surface area is 194 Å². The summed E-state index contributed by atoms with van der Waals surface area (Å²) in [5.41, 5.74) is 4.38. The van der Waals surface area contributed by atoms with Crippen molar-refractivity contribution in [3.63, 3.8) is 0 Å². The highest BCUT2D eigenvalue weighted by Crippen LogP contribution is 2.27. The van der Waals surface area contributed by atoms with Gasteiger partial charge in [-0.15, -0.1) is 22.0 Å². The van der Waals surface area contributed by atoms with Crippen LogP contribution in [0.3, 0.4) is 0 Å². The maximum absolute atomic E-state index is 4.94. The first-order chi connectivity index (χ1) is 15.7. The zero-order valence-electron chi connectivity index (χ0n) is 18.9. The second-order valence-electron chi connectivity index (χ2n) is 7.92. The summed E-state index contributed by atoms with van der Waals surface area (Å²) in [5.74, 6) is 2.08. The highest BCUT2D eigenvalue weighted by Gasteiger charge is 2.13. The van der Waals surface area contributed by atoms with Gasteiger partial charge in [-0.1, -0.05) is 37.3 Å². The third kappa shape index (κ3) is 5.29. The van der Waals surface area contributed by atoms with E-state index in [0.717, 1.165) is 48.0 Å². The summed E-state index contributed by atoms with van der Waals surface area (Å²) in [6.07, 6.45) is 4.77. The standard InChI is InChI=1S/C25H30N6S/c1-4-32-23-12-10-20(11-13-23)25-21(17-31(29-25)22-8-6-5-7-9-22)16-26-15-14-24-28-27-18-30(24)19(2)3/h5-13,17-19,26H,4,14-16H2,1-3H3. The Balaban J connectivity index is 1.51. The van der Waals surface area contributed by atoms with E-state index in [0.29, 0.717) is 6.04 Å². The molecule has 0 aliphatic rings. The first-order valence-corrected chi connectivity index (χ1v) is 12.1. The molecule has 0 bridgehead atoms. The minimum absolute atomic E-state index is 0.365. The van der Waals surface area contributed by atoms with Crippen molar-refractivity contribution in [2.24, 2.45) is 0 Å². The van der Waals surface area contributed by atoms with E-state index in [1.807, 2.05) is 41.0 Å². The SMILES string of the molecule is CCSc1ccc(-c2nn(-c3ccccc3)cc2CNCCc2nncn2C(C)C)cc1. The summed E-state index contributed by atoms with van der Waals surface area (Å²) in [5, 5.41) is 16.8. The Bertz CT molecular complexity index is 1120. The monoisotopic (exact) mass is 446 g/mol. The van der Waals surface area contributed by atoms with Crippen LogP contribution >= 0.6 is 11.8 Å². The molecule has 2 aromatic carbocycles. The average Bonchev–Trinajstić information content (AvgIpc) is 3.46. The first-order valence-electron chi connectivity index (χ1n) is 11.1. The normalized spacial score (nSPS) is 11.4. The first kappa shape index (κ1) is 22.3. The highest BCUT2D eigenvalue weighted by atomic mass is 32.2. The van der Waals surface area contributed by atoms with Crippen LogP contribution in [0.5, 0.6) is 0 Å². The molecule has 0 aliphatic heterocycles. The lowest BCUT2D eigenvalue weighted by Crippen LogP contribution is -2.19. The fourth-order valence-corrected chi connectivity index (χ4v) is 4.33. The molecule has 2 heterocycles. The number of hydrogen-bond donors (Lipinski definition) is 1. The number of rotatable bonds is 10. The van der Waals surface area contributed by atoms with Gasteiger partial charge in [0.25, 0.3) is 0 Å². The maximum atomic E-state index is 4.94. The van der Waals surface area contributed by atoms with Gasteiger partial charge in [0.05, 0.1) is 11.4 Å². The molecule has 0 amide bonds. The molecule has 0 fully saturated rings. The Hall–Kier alpha value is -2.90. The van der Waals surface area contributed by atoms with E-state index in [9.17, 15) is 0 Å². The van der Waals surface area contributed by atoms with E-state index >= 15 is 0 Å². The summed E-state index contributed by atoms with van der Waals surface area (Å²) >= 11 is 1.85. The Kier molecular flexibility index (Phi) is 7.39. The van der Waals surface area contributed by atoms with Crippen LogP contribution in [0.15, 0.2) is 72.0 Å². The third-order valence-corrected chi connectivity index (χ3v) is 6.19. The van der Waals surface area contributed by atoms with Crippen molar-refractivity contribution in [1.29, 1.82) is 0 Å². The second-order valence-corrected chi connectivity index (χ2v) is 9.25. The van der Waals surface area contributed by atoms with Crippen LogP contribution in [0, 0.1) is 0 Å². The van der Waals surface area contributed by atoms with Crippen LogP contribution in [-0.2, 0) is 13.0 Å². The molecule has 4 rings (SSSR count). The molecule has 32 heavy (non-hydrogen) atoms. The molecule has 1 N–H and O–H groups in total. The van der Waals surface area contributed by atoms with Gasteiger partial charge in [-0.25, -0.2) is 4.68 Å². The summed E-state index contributed by atoms with van der Waals surface area (Å²) in [7, 11) is 0. The summed E-state index contributed by atoms with van der Waals surface area (Å²) in [4.78, 5) is 1.28. The van der Waals surface area contributed by atoms with Crippen LogP contribution in [0.1, 0.15) is 38.2 Å². The molecular formula is C25H30N6S. The summed E-state index contributed by atoms with van der Waals surface area (Å²) in [6.45, 7) is 8.04. The largest absolute Gasteiger partial charge is 0.315 e. The lowest BCUT2D eigenvalue weighted by molar-refractivity contribution is 0.555. The Morgan fingerprint density at radius 2 is 1.81 bits per heavy atom. The molecule has 4 aromatic rings. The average molecular weight is 447 g/mol. The van der Waals surface area contributed by atoms with Gasteiger partial charge in [0, 0.05) is 47.8 Å². The molecule has 0 aliphatic carbocycles. The molecule has 0 saturated carbocycles. The predicted molar refractivity (Wildman–Crippen MR) is 131 cm³/mol. The molecule has 166 valence electrons. The fraction of sp³-hybridized carbons (Fsp3) is 0.320. The molecule has 0 unspecified atom stereocenters. The van der Waals surface area contributed by atoms with E-state index in [1.165, 1.54) is 10.5 Å². The highest BCUT2D eigenvalue weighted by molar-refractivity contribution is 7.99. The quantitative estimate of drug-likeness (QED) is 0.269. The summed E-state index contributed by atoms with van der Waals surface area (Å²) in [6, 6.07) is 19.3. The van der Waals surface area contributed by atoms with Gasteiger partial charge in [-0.3, -0.25) is 0 Å². The summed E-state index contributed by atoms with van der Waals surface area (Å²) < 4.78 is 4.09. The van der Waals surface area contributed by atoms with Crippen LogP contribution in [-0.4, -0.2) is 36.8 Å². The minimum Gasteiger partial charge on any atom is -0.315 e. The van der Waals surface area contributed by atoms with E-state index < -0.39 is 0 Å². The van der Waals surface area contributed by atoms with Crippen molar-refractivity contribution in [3.8, 4) is 16.9 Å². The Morgan fingerprint density at radius 3 is 2.53 bits per heavy atom. The van der Waals surface area contributed by atoms with E-state index in [1.54, 1.807) is 0 Å². The number of nitrogens with zero attached hydrogens (tertiary/aromatic N) is 5. The zero-order valence-corrected chi connectivity index (χ0v) is 19.7. The zero-order chi connectivity index (χ0) is 22.3. The van der Waals surface area contributed by atoms with E-state index in [-0.39, 0.29) is 0 Å². The molecule has 2 aromatic heterocycles. The molecule has 0 saturated heterocycles. The molecule has 6 nitrogen and oxygen atoms in total. The molecular weight excluding hydrogens is 416 g/mol. The van der Waals surface area contributed by atoms with E-state index in [2.05, 4.69) is 83.4 Å². The van der Waals surface area contributed by atoms with Gasteiger partial charge >= 0.3 is 0 Å². The third-order valence-electron chi connectivity index (χ3n) is 5.29. The van der Waals surface area contributed by atoms with Crippen molar-refractivity contribution in [2.45, 2.75) is 44.7 Å². The fourth-order valence-electron chi connectivity index (χ4n) is 3.67. The number of hydrogen-bond acceptors (Lipinski definition) is 5. The van der Waals surface area contributed by atoms with Gasteiger partial charge in [0.2, 0.25) is 0 Å². The number of nitrogens with one attached hydrogen (secondary N) is 1.